The van der Waals surface area contributed by atoms with Crippen molar-refractivity contribution < 1.29 is 0 Å². The zero-order valence-electron chi connectivity index (χ0n) is 13.5. The minimum atomic E-state index is 0.637. The molecule has 0 aliphatic heterocycles. The molecule has 0 bridgehead atoms. The first kappa shape index (κ1) is 16.2. The van der Waals surface area contributed by atoms with Gasteiger partial charge in [-0.2, -0.15) is 5.26 Å². The third-order valence-electron chi connectivity index (χ3n) is 3.90. The monoisotopic (exact) mass is 377 g/mol. The van der Waals surface area contributed by atoms with Gasteiger partial charge in [-0.15, -0.1) is 0 Å². The van der Waals surface area contributed by atoms with Crippen LogP contribution in [-0.2, 0) is 0 Å². The van der Waals surface area contributed by atoms with Crippen molar-refractivity contribution in [3.63, 3.8) is 0 Å². The highest BCUT2D eigenvalue weighted by atomic mass is 79.9. The largest absolute Gasteiger partial charge is 0.303 e. The number of nitrogens with zero attached hydrogens (tertiary/aromatic N) is 3. The first-order valence-electron chi connectivity index (χ1n) is 7.58. The maximum atomic E-state index is 9.56. The van der Waals surface area contributed by atoms with Gasteiger partial charge in [0.05, 0.1) is 11.6 Å². The summed E-state index contributed by atoms with van der Waals surface area (Å²) in [5.41, 5.74) is 4.71. The highest BCUT2D eigenvalue weighted by molar-refractivity contribution is 9.10. The molecule has 0 saturated carbocycles. The Morgan fingerprint density at radius 3 is 2.67 bits per heavy atom. The summed E-state index contributed by atoms with van der Waals surface area (Å²) < 4.78 is 3.06. The standard InChI is InChI=1S/C20H16BrN3/c1-14-10-17(15(2)24(14)20-8-3-4-9-23-20)11-18(13-22)16-6-5-7-19(21)12-16/h3-12H,1-2H3. The van der Waals surface area contributed by atoms with Crippen LogP contribution in [0.5, 0.6) is 0 Å². The topological polar surface area (TPSA) is 41.6 Å². The average molecular weight is 378 g/mol. The van der Waals surface area contributed by atoms with Crippen molar-refractivity contribution in [2.24, 2.45) is 0 Å². The number of nitriles is 1. The maximum absolute atomic E-state index is 9.56. The van der Waals surface area contributed by atoms with Crippen molar-refractivity contribution >= 4 is 27.6 Å². The summed E-state index contributed by atoms with van der Waals surface area (Å²) in [6.45, 7) is 4.09. The van der Waals surface area contributed by atoms with Gasteiger partial charge in [-0.3, -0.25) is 0 Å². The molecule has 0 amide bonds. The van der Waals surface area contributed by atoms with E-state index in [1.807, 2.05) is 62.4 Å². The van der Waals surface area contributed by atoms with Gasteiger partial charge >= 0.3 is 0 Å². The van der Waals surface area contributed by atoms with E-state index in [1.165, 1.54) is 0 Å². The first-order valence-corrected chi connectivity index (χ1v) is 8.37. The number of benzene rings is 1. The predicted molar refractivity (Wildman–Crippen MR) is 101 cm³/mol. The number of aromatic nitrogens is 2. The van der Waals surface area contributed by atoms with Gasteiger partial charge in [-0.25, -0.2) is 4.98 Å². The van der Waals surface area contributed by atoms with Crippen LogP contribution in [-0.4, -0.2) is 9.55 Å². The van der Waals surface area contributed by atoms with Crippen LogP contribution in [0.25, 0.3) is 17.5 Å². The molecule has 0 spiro atoms. The van der Waals surface area contributed by atoms with E-state index in [9.17, 15) is 5.26 Å². The van der Waals surface area contributed by atoms with Crippen LogP contribution in [0.2, 0.25) is 0 Å². The summed E-state index contributed by atoms with van der Waals surface area (Å²) >= 11 is 3.46. The molecular weight excluding hydrogens is 362 g/mol. The van der Waals surface area contributed by atoms with Crippen LogP contribution >= 0.6 is 15.9 Å². The lowest BCUT2D eigenvalue weighted by Gasteiger charge is -2.08. The molecular formula is C20H16BrN3. The molecule has 118 valence electrons. The number of aryl methyl sites for hydroxylation is 1. The fraction of sp³-hybridized carbons (Fsp3) is 0.100. The van der Waals surface area contributed by atoms with Gasteiger partial charge in [0.1, 0.15) is 5.82 Å². The molecule has 0 unspecified atom stereocenters. The summed E-state index contributed by atoms with van der Waals surface area (Å²) in [6, 6.07) is 18.0. The normalized spacial score (nSPS) is 11.3. The molecule has 0 fully saturated rings. The predicted octanol–water partition coefficient (Wildman–Crippen LogP) is 5.32. The van der Waals surface area contributed by atoms with Crippen LogP contribution < -0.4 is 0 Å². The maximum Gasteiger partial charge on any atom is 0.136 e. The highest BCUT2D eigenvalue weighted by Crippen LogP contribution is 2.25. The summed E-state index contributed by atoms with van der Waals surface area (Å²) in [5, 5.41) is 9.56. The van der Waals surface area contributed by atoms with Crippen LogP contribution in [0.1, 0.15) is 22.5 Å². The molecule has 0 radical (unpaired) electrons. The van der Waals surface area contributed by atoms with Gasteiger partial charge in [0.25, 0.3) is 0 Å². The van der Waals surface area contributed by atoms with Crippen molar-refractivity contribution in [1.82, 2.24) is 9.55 Å². The molecule has 3 aromatic rings. The molecule has 3 rings (SSSR count). The Balaban J connectivity index is 2.09. The van der Waals surface area contributed by atoms with Crippen molar-refractivity contribution in [2.75, 3.05) is 0 Å². The van der Waals surface area contributed by atoms with E-state index in [2.05, 4.69) is 37.6 Å². The lowest BCUT2D eigenvalue weighted by molar-refractivity contribution is 0.921. The molecule has 0 N–H and O–H groups in total. The number of halogens is 1. The van der Waals surface area contributed by atoms with Gasteiger partial charge in [-0.1, -0.05) is 34.1 Å². The van der Waals surface area contributed by atoms with Crippen molar-refractivity contribution in [3.8, 4) is 11.9 Å². The lowest BCUT2D eigenvalue weighted by Crippen LogP contribution is -2.01. The Bertz CT molecular complexity index is 947. The second-order valence-electron chi connectivity index (χ2n) is 5.53. The Labute approximate surface area is 150 Å². The fourth-order valence-electron chi connectivity index (χ4n) is 2.76. The van der Waals surface area contributed by atoms with E-state index >= 15 is 0 Å². The minimum Gasteiger partial charge on any atom is -0.303 e. The molecule has 0 aliphatic carbocycles. The molecule has 3 nitrogen and oxygen atoms in total. The van der Waals surface area contributed by atoms with Crippen LogP contribution in [0, 0.1) is 25.2 Å². The lowest BCUT2D eigenvalue weighted by atomic mass is 10.0. The first-order chi connectivity index (χ1) is 11.6. The third-order valence-corrected chi connectivity index (χ3v) is 4.40. The van der Waals surface area contributed by atoms with Crippen molar-refractivity contribution in [1.29, 1.82) is 5.26 Å². The van der Waals surface area contributed by atoms with E-state index in [1.54, 1.807) is 6.20 Å². The Morgan fingerprint density at radius 2 is 2.00 bits per heavy atom. The zero-order valence-corrected chi connectivity index (χ0v) is 15.1. The molecule has 1 aromatic carbocycles. The minimum absolute atomic E-state index is 0.637. The van der Waals surface area contributed by atoms with Gasteiger partial charge in [-0.05, 0) is 61.4 Å². The molecule has 2 aromatic heterocycles. The van der Waals surface area contributed by atoms with Gasteiger partial charge in [0.2, 0.25) is 0 Å². The third kappa shape index (κ3) is 3.17. The van der Waals surface area contributed by atoms with Crippen molar-refractivity contribution in [3.05, 3.63) is 81.7 Å². The molecule has 0 saturated heterocycles. The number of hydrogen-bond donors (Lipinski definition) is 0. The summed E-state index contributed by atoms with van der Waals surface area (Å²) in [7, 11) is 0. The SMILES string of the molecule is Cc1cc(C=C(C#N)c2cccc(Br)c2)c(C)n1-c1ccccn1. The van der Waals surface area contributed by atoms with E-state index in [4.69, 9.17) is 0 Å². The molecule has 24 heavy (non-hydrogen) atoms. The van der Waals surface area contributed by atoms with E-state index < -0.39 is 0 Å². The molecule has 0 atom stereocenters. The Morgan fingerprint density at radius 1 is 1.17 bits per heavy atom. The molecule has 0 aliphatic rings. The smallest absolute Gasteiger partial charge is 0.136 e. The highest BCUT2D eigenvalue weighted by Gasteiger charge is 2.11. The van der Waals surface area contributed by atoms with Crippen LogP contribution in [0.4, 0.5) is 0 Å². The van der Waals surface area contributed by atoms with E-state index in [0.29, 0.717) is 5.57 Å². The second-order valence-corrected chi connectivity index (χ2v) is 6.45. The van der Waals surface area contributed by atoms with Crippen molar-refractivity contribution in [2.45, 2.75) is 13.8 Å². The Kier molecular flexibility index (Phi) is 4.64. The van der Waals surface area contributed by atoms with E-state index in [-0.39, 0.29) is 0 Å². The summed E-state index contributed by atoms with van der Waals surface area (Å²) in [5.74, 6) is 0.883. The van der Waals surface area contributed by atoms with Gasteiger partial charge < -0.3 is 4.57 Å². The number of pyridine rings is 1. The zero-order chi connectivity index (χ0) is 17.1. The molecule has 2 heterocycles. The molecule has 4 heteroatoms. The quantitative estimate of drug-likeness (QED) is 0.579. The Hall–Kier alpha value is -2.64. The van der Waals surface area contributed by atoms with Gasteiger partial charge in [0.15, 0.2) is 0 Å². The van der Waals surface area contributed by atoms with Gasteiger partial charge in [0, 0.05) is 22.1 Å². The number of hydrogen-bond acceptors (Lipinski definition) is 2. The second kappa shape index (κ2) is 6.86. The number of rotatable bonds is 3. The summed E-state index contributed by atoms with van der Waals surface area (Å²) in [6.07, 6.45) is 3.72. The van der Waals surface area contributed by atoms with E-state index in [0.717, 1.165) is 32.8 Å². The fourth-order valence-corrected chi connectivity index (χ4v) is 3.16. The average Bonchev–Trinajstić information content (AvgIpc) is 2.87. The van der Waals surface area contributed by atoms with Crippen LogP contribution in [0.15, 0.2) is 59.2 Å². The van der Waals surface area contributed by atoms with Crippen LogP contribution in [0.3, 0.4) is 0 Å². The number of allylic oxidation sites excluding steroid dienone is 1. The summed E-state index contributed by atoms with van der Waals surface area (Å²) in [4.78, 5) is 4.42.